The zero-order chi connectivity index (χ0) is 12.3. The van der Waals surface area contributed by atoms with Crippen molar-refractivity contribution < 1.29 is 13.9 Å². The zero-order valence-corrected chi connectivity index (χ0v) is 9.05. The summed E-state index contributed by atoms with van der Waals surface area (Å²) in [5, 5.41) is 0. The van der Waals surface area contributed by atoms with Crippen molar-refractivity contribution in [3.05, 3.63) is 48.2 Å². The van der Waals surface area contributed by atoms with Crippen molar-refractivity contribution in [2.75, 3.05) is 7.11 Å². The van der Waals surface area contributed by atoms with Gasteiger partial charge in [0, 0.05) is 5.56 Å². The first-order chi connectivity index (χ1) is 8.22. The summed E-state index contributed by atoms with van der Waals surface area (Å²) in [6, 6.07) is 6.16. The number of rotatable bonds is 2. The number of carbonyl (C=O) groups is 1. The van der Waals surface area contributed by atoms with E-state index in [2.05, 4.69) is 14.7 Å². The molecule has 0 spiro atoms. The lowest BCUT2D eigenvalue weighted by atomic mass is 10.1. The minimum absolute atomic E-state index is 0.0493. The zero-order valence-electron chi connectivity index (χ0n) is 9.05. The van der Waals surface area contributed by atoms with E-state index in [0.717, 1.165) is 0 Å². The number of methoxy groups -OCH3 is 1. The molecular weight excluding hydrogens is 223 g/mol. The molecule has 0 fully saturated rings. The molecule has 0 saturated carbocycles. The van der Waals surface area contributed by atoms with Crippen LogP contribution in [0.5, 0.6) is 0 Å². The van der Waals surface area contributed by atoms with Gasteiger partial charge < -0.3 is 4.74 Å². The lowest BCUT2D eigenvalue weighted by Crippen LogP contribution is -2.05. The predicted molar refractivity (Wildman–Crippen MR) is 58.8 cm³/mol. The Bertz CT molecular complexity index is 558. The van der Waals surface area contributed by atoms with Crippen molar-refractivity contribution in [3.8, 4) is 11.3 Å². The summed E-state index contributed by atoms with van der Waals surface area (Å²) in [6.45, 7) is 0. The van der Waals surface area contributed by atoms with Crippen LogP contribution in [0.15, 0.2) is 36.7 Å². The van der Waals surface area contributed by atoms with Crippen molar-refractivity contribution in [1.82, 2.24) is 9.97 Å². The standard InChI is InChI=1S/C12H9FN2O2/c1-17-12(16)11-7-14-6-10(15-11)8-4-2-3-5-9(8)13/h2-7H,1H3. The molecule has 5 heteroatoms. The second-order valence-electron chi connectivity index (χ2n) is 3.26. The van der Waals surface area contributed by atoms with E-state index in [1.165, 1.54) is 25.6 Å². The summed E-state index contributed by atoms with van der Waals surface area (Å²) in [4.78, 5) is 19.1. The van der Waals surface area contributed by atoms with Crippen LogP contribution in [0.2, 0.25) is 0 Å². The minimum Gasteiger partial charge on any atom is -0.464 e. The van der Waals surface area contributed by atoms with Gasteiger partial charge in [0.05, 0.1) is 25.2 Å². The lowest BCUT2D eigenvalue weighted by molar-refractivity contribution is 0.0593. The van der Waals surface area contributed by atoms with E-state index in [4.69, 9.17) is 0 Å². The summed E-state index contributed by atoms with van der Waals surface area (Å²) in [5.41, 5.74) is 0.644. The Morgan fingerprint density at radius 2 is 2.06 bits per heavy atom. The molecule has 0 aliphatic rings. The number of benzene rings is 1. The maximum Gasteiger partial charge on any atom is 0.358 e. The van der Waals surface area contributed by atoms with E-state index in [0.29, 0.717) is 11.3 Å². The van der Waals surface area contributed by atoms with E-state index < -0.39 is 11.8 Å². The van der Waals surface area contributed by atoms with E-state index in [1.54, 1.807) is 18.2 Å². The van der Waals surface area contributed by atoms with E-state index in [-0.39, 0.29) is 5.69 Å². The average Bonchev–Trinajstić information content (AvgIpc) is 2.38. The molecular formula is C12H9FN2O2. The Labute approximate surface area is 97.1 Å². The van der Waals surface area contributed by atoms with Crippen LogP contribution in [0.25, 0.3) is 11.3 Å². The molecule has 2 aromatic rings. The Hall–Kier alpha value is -2.30. The number of ether oxygens (including phenoxy) is 1. The van der Waals surface area contributed by atoms with Crippen molar-refractivity contribution in [1.29, 1.82) is 0 Å². The van der Waals surface area contributed by atoms with Crippen LogP contribution >= 0.6 is 0 Å². The van der Waals surface area contributed by atoms with E-state index in [9.17, 15) is 9.18 Å². The number of esters is 1. The number of aromatic nitrogens is 2. The van der Waals surface area contributed by atoms with Crippen LogP contribution in [-0.2, 0) is 4.74 Å². The van der Waals surface area contributed by atoms with Gasteiger partial charge in [0.1, 0.15) is 5.82 Å². The fourth-order valence-electron chi connectivity index (χ4n) is 1.37. The maximum atomic E-state index is 13.5. The SMILES string of the molecule is COC(=O)c1cncc(-c2ccccc2F)n1. The molecule has 17 heavy (non-hydrogen) atoms. The second kappa shape index (κ2) is 4.69. The van der Waals surface area contributed by atoms with Crippen LogP contribution in [0.3, 0.4) is 0 Å². The van der Waals surface area contributed by atoms with Gasteiger partial charge >= 0.3 is 5.97 Å². The van der Waals surface area contributed by atoms with Gasteiger partial charge in [-0.05, 0) is 12.1 Å². The highest BCUT2D eigenvalue weighted by atomic mass is 19.1. The molecule has 0 aliphatic carbocycles. The molecule has 0 N–H and O–H groups in total. The summed E-state index contributed by atoms with van der Waals surface area (Å²) in [6.07, 6.45) is 2.67. The first-order valence-electron chi connectivity index (χ1n) is 4.87. The minimum atomic E-state index is -0.601. The quantitative estimate of drug-likeness (QED) is 0.744. The van der Waals surface area contributed by atoms with Crippen LogP contribution in [0.4, 0.5) is 4.39 Å². The molecule has 1 aromatic heterocycles. The van der Waals surface area contributed by atoms with Gasteiger partial charge in [-0.1, -0.05) is 12.1 Å². The first kappa shape index (κ1) is 11.2. The smallest absolute Gasteiger partial charge is 0.358 e. The molecule has 0 aliphatic heterocycles. The van der Waals surface area contributed by atoms with Crippen molar-refractivity contribution in [2.45, 2.75) is 0 Å². The maximum absolute atomic E-state index is 13.5. The van der Waals surface area contributed by atoms with Crippen molar-refractivity contribution >= 4 is 5.97 Å². The molecule has 0 unspecified atom stereocenters. The average molecular weight is 232 g/mol. The Morgan fingerprint density at radius 3 is 2.76 bits per heavy atom. The van der Waals surface area contributed by atoms with Gasteiger partial charge in [-0.25, -0.2) is 14.2 Å². The van der Waals surface area contributed by atoms with Gasteiger partial charge in [-0.2, -0.15) is 0 Å². The highest BCUT2D eigenvalue weighted by molar-refractivity contribution is 5.87. The summed E-state index contributed by atoms with van der Waals surface area (Å²) in [5.74, 6) is -1.01. The molecule has 0 bridgehead atoms. The number of halogens is 1. The Morgan fingerprint density at radius 1 is 1.29 bits per heavy atom. The Kier molecular flexibility index (Phi) is 3.09. The first-order valence-corrected chi connectivity index (χ1v) is 4.87. The predicted octanol–water partition coefficient (Wildman–Crippen LogP) is 2.07. The largest absolute Gasteiger partial charge is 0.464 e. The van der Waals surface area contributed by atoms with Crippen molar-refractivity contribution in [2.24, 2.45) is 0 Å². The van der Waals surface area contributed by atoms with Gasteiger partial charge in [-0.3, -0.25) is 4.98 Å². The van der Waals surface area contributed by atoms with Crippen LogP contribution in [-0.4, -0.2) is 23.0 Å². The molecule has 0 radical (unpaired) electrons. The van der Waals surface area contributed by atoms with Crippen LogP contribution in [0.1, 0.15) is 10.5 Å². The van der Waals surface area contributed by atoms with Crippen LogP contribution < -0.4 is 0 Å². The topological polar surface area (TPSA) is 52.1 Å². The third-order valence-electron chi connectivity index (χ3n) is 2.18. The molecule has 86 valence electrons. The van der Waals surface area contributed by atoms with Gasteiger partial charge in [0.15, 0.2) is 5.69 Å². The fraction of sp³-hybridized carbons (Fsp3) is 0.0833. The number of carbonyl (C=O) groups excluding carboxylic acids is 1. The third-order valence-corrected chi connectivity index (χ3v) is 2.18. The number of hydrogen-bond donors (Lipinski definition) is 0. The van der Waals surface area contributed by atoms with E-state index in [1.807, 2.05) is 0 Å². The lowest BCUT2D eigenvalue weighted by Gasteiger charge is -2.03. The Balaban J connectivity index is 2.47. The number of nitrogens with zero attached hydrogens (tertiary/aromatic N) is 2. The van der Waals surface area contributed by atoms with E-state index >= 15 is 0 Å². The molecule has 1 aromatic carbocycles. The van der Waals surface area contributed by atoms with Gasteiger partial charge in [-0.15, -0.1) is 0 Å². The fourth-order valence-corrected chi connectivity index (χ4v) is 1.37. The second-order valence-corrected chi connectivity index (χ2v) is 3.26. The van der Waals surface area contributed by atoms with Crippen LogP contribution in [0, 0.1) is 5.82 Å². The normalized spacial score (nSPS) is 10.0. The molecule has 2 rings (SSSR count). The van der Waals surface area contributed by atoms with Gasteiger partial charge in [0.25, 0.3) is 0 Å². The van der Waals surface area contributed by atoms with Gasteiger partial charge in [0.2, 0.25) is 0 Å². The molecule has 0 atom stereocenters. The molecule has 0 amide bonds. The monoisotopic (exact) mass is 232 g/mol. The third kappa shape index (κ3) is 2.28. The van der Waals surface area contributed by atoms with Crippen molar-refractivity contribution in [3.63, 3.8) is 0 Å². The number of hydrogen-bond acceptors (Lipinski definition) is 4. The molecule has 4 nitrogen and oxygen atoms in total. The summed E-state index contributed by atoms with van der Waals surface area (Å²) in [7, 11) is 1.25. The summed E-state index contributed by atoms with van der Waals surface area (Å²) < 4.78 is 18.0. The molecule has 1 heterocycles. The highest BCUT2D eigenvalue weighted by Gasteiger charge is 2.11. The summed E-state index contributed by atoms with van der Waals surface area (Å²) >= 11 is 0. The highest BCUT2D eigenvalue weighted by Crippen LogP contribution is 2.19. The molecule has 0 saturated heterocycles.